The molecule has 1 aromatic rings. The predicted molar refractivity (Wildman–Crippen MR) is 85.3 cm³/mol. The monoisotopic (exact) mass is 313 g/mol. The summed E-state index contributed by atoms with van der Waals surface area (Å²) in [5.74, 6) is -0.175. The number of anilines is 1. The van der Waals surface area contributed by atoms with Crippen molar-refractivity contribution in [3.05, 3.63) is 23.0 Å². The minimum atomic E-state index is -0.175. The van der Waals surface area contributed by atoms with Gasteiger partial charge in [-0.25, -0.2) is 4.98 Å². The number of rotatable bonds is 4. The number of amides is 1. The maximum Gasteiger partial charge on any atom is 0.253 e. The standard InChI is InChI=1S/C14H20ClN3OS/c1-20-14(5-3-2-4-6-14)9-18-13(19)10-7-12(15)17-8-11(10)16/h7-8H,2-6,9,16H2,1H3,(H,18,19). The van der Waals surface area contributed by atoms with E-state index in [2.05, 4.69) is 16.6 Å². The van der Waals surface area contributed by atoms with Crippen LogP contribution in [0.1, 0.15) is 42.5 Å². The first-order chi connectivity index (χ1) is 9.56. The number of thioether (sulfide) groups is 1. The molecule has 4 nitrogen and oxygen atoms in total. The zero-order valence-electron chi connectivity index (χ0n) is 11.6. The van der Waals surface area contributed by atoms with Gasteiger partial charge in [0.1, 0.15) is 5.15 Å². The van der Waals surface area contributed by atoms with Gasteiger partial charge >= 0.3 is 0 Å². The molecule has 3 N–H and O–H groups in total. The number of carbonyl (C=O) groups excluding carboxylic acids is 1. The molecule has 1 saturated carbocycles. The van der Waals surface area contributed by atoms with E-state index < -0.39 is 0 Å². The van der Waals surface area contributed by atoms with Crippen molar-refractivity contribution in [1.82, 2.24) is 10.3 Å². The molecule has 0 bridgehead atoms. The number of nitrogen functional groups attached to an aromatic ring is 1. The topological polar surface area (TPSA) is 68.0 Å². The van der Waals surface area contributed by atoms with E-state index >= 15 is 0 Å². The summed E-state index contributed by atoms with van der Waals surface area (Å²) in [5, 5.41) is 3.28. The molecule has 0 aliphatic heterocycles. The van der Waals surface area contributed by atoms with E-state index in [1.807, 2.05) is 11.8 Å². The minimum Gasteiger partial charge on any atom is -0.397 e. The zero-order valence-corrected chi connectivity index (χ0v) is 13.2. The van der Waals surface area contributed by atoms with Crippen LogP contribution in [0, 0.1) is 0 Å². The average Bonchev–Trinajstić information content (AvgIpc) is 2.48. The number of nitrogens with one attached hydrogen (secondary N) is 1. The summed E-state index contributed by atoms with van der Waals surface area (Å²) < 4.78 is 0.166. The van der Waals surface area contributed by atoms with Crippen LogP contribution < -0.4 is 11.1 Å². The van der Waals surface area contributed by atoms with E-state index in [0.717, 1.165) is 12.8 Å². The number of aromatic nitrogens is 1. The quantitative estimate of drug-likeness (QED) is 0.838. The summed E-state index contributed by atoms with van der Waals surface area (Å²) in [5.41, 5.74) is 6.53. The Morgan fingerprint density at radius 2 is 2.20 bits per heavy atom. The van der Waals surface area contributed by atoms with Crippen LogP contribution in [0.25, 0.3) is 0 Å². The van der Waals surface area contributed by atoms with Crippen molar-refractivity contribution in [2.24, 2.45) is 0 Å². The van der Waals surface area contributed by atoms with Crippen molar-refractivity contribution in [2.75, 3.05) is 18.5 Å². The molecule has 0 spiro atoms. The van der Waals surface area contributed by atoms with Gasteiger partial charge in [-0.2, -0.15) is 11.8 Å². The highest BCUT2D eigenvalue weighted by molar-refractivity contribution is 8.00. The highest BCUT2D eigenvalue weighted by atomic mass is 35.5. The molecule has 1 aliphatic rings. The fourth-order valence-electron chi connectivity index (χ4n) is 2.62. The Labute approximate surface area is 128 Å². The smallest absolute Gasteiger partial charge is 0.253 e. The minimum absolute atomic E-state index is 0.166. The lowest BCUT2D eigenvalue weighted by molar-refractivity contribution is 0.0947. The molecule has 6 heteroatoms. The highest BCUT2D eigenvalue weighted by Gasteiger charge is 2.31. The van der Waals surface area contributed by atoms with E-state index in [-0.39, 0.29) is 15.8 Å². The molecule has 0 aromatic carbocycles. The SMILES string of the molecule is CSC1(CNC(=O)c2cc(Cl)ncc2N)CCCCC1. The first kappa shape index (κ1) is 15.4. The number of halogens is 1. The van der Waals surface area contributed by atoms with Crippen molar-refractivity contribution >= 4 is 35.0 Å². The molecule has 1 aliphatic carbocycles. The number of nitrogens with zero attached hydrogens (tertiary/aromatic N) is 1. The number of hydrogen-bond acceptors (Lipinski definition) is 4. The van der Waals surface area contributed by atoms with Crippen LogP contribution in [-0.2, 0) is 0 Å². The van der Waals surface area contributed by atoms with Crippen molar-refractivity contribution in [2.45, 2.75) is 36.9 Å². The molecule has 2 rings (SSSR count). The molecule has 0 unspecified atom stereocenters. The summed E-state index contributed by atoms with van der Waals surface area (Å²) in [6.45, 7) is 0.673. The third kappa shape index (κ3) is 3.58. The Hall–Kier alpha value is -0.940. The molecule has 20 heavy (non-hydrogen) atoms. The Morgan fingerprint density at radius 3 is 2.85 bits per heavy atom. The molecular formula is C14H20ClN3OS. The number of hydrogen-bond donors (Lipinski definition) is 2. The molecule has 1 amide bonds. The normalized spacial score (nSPS) is 17.7. The van der Waals surface area contributed by atoms with Gasteiger partial charge in [-0.1, -0.05) is 30.9 Å². The fourth-order valence-corrected chi connectivity index (χ4v) is 3.69. The molecular weight excluding hydrogens is 294 g/mol. The van der Waals surface area contributed by atoms with Crippen LogP contribution in [0.4, 0.5) is 5.69 Å². The Balaban J connectivity index is 2.02. The number of nitrogens with two attached hydrogens (primary N) is 1. The van der Waals surface area contributed by atoms with Crippen LogP contribution >= 0.6 is 23.4 Å². The Bertz CT molecular complexity index is 489. The second-order valence-corrected chi connectivity index (χ2v) is 6.89. The van der Waals surface area contributed by atoms with E-state index in [9.17, 15) is 4.79 Å². The van der Waals surface area contributed by atoms with Gasteiger partial charge in [0.2, 0.25) is 0 Å². The molecule has 0 saturated heterocycles. The van der Waals surface area contributed by atoms with Crippen molar-refractivity contribution < 1.29 is 4.79 Å². The third-order valence-electron chi connectivity index (χ3n) is 3.91. The average molecular weight is 314 g/mol. The lowest BCUT2D eigenvalue weighted by Gasteiger charge is -2.35. The van der Waals surface area contributed by atoms with E-state index in [1.165, 1.54) is 31.5 Å². The van der Waals surface area contributed by atoms with Gasteiger partial charge in [0.15, 0.2) is 0 Å². The van der Waals surface area contributed by atoms with E-state index in [1.54, 1.807) is 0 Å². The molecule has 1 fully saturated rings. The molecule has 110 valence electrons. The Kier molecular flexibility index (Phi) is 5.16. The van der Waals surface area contributed by atoms with Crippen molar-refractivity contribution in [1.29, 1.82) is 0 Å². The molecule has 1 aromatic heterocycles. The van der Waals surface area contributed by atoms with Crippen LogP contribution in [0.2, 0.25) is 5.15 Å². The third-order valence-corrected chi connectivity index (χ3v) is 5.54. The fraction of sp³-hybridized carbons (Fsp3) is 0.571. The largest absolute Gasteiger partial charge is 0.397 e. The van der Waals surface area contributed by atoms with Gasteiger partial charge in [-0.15, -0.1) is 0 Å². The van der Waals surface area contributed by atoms with Crippen LogP contribution in [0.5, 0.6) is 0 Å². The summed E-state index contributed by atoms with van der Waals surface area (Å²) in [4.78, 5) is 16.1. The van der Waals surface area contributed by atoms with E-state index in [0.29, 0.717) is 17.8 Å². The van der Waals surface area contributed by atoms with Gasteiger partial charge in [0.05, 0.1) is 17.4 Å². The summed E-state index contributed by atoms with van der Waals surface area (Å²) >= 11 is 7.67. The maximum absolute atomic E-state index is 12.2. The maximum atomic E-state index is 12.2. The lowest BCUT2D eigenvalue weighted by atomic mass is 9.88. The van der Waals surface area contributed by atoms with Gasteiger partial charge in [-0.05, 0) is 25.2 Å². The van der Waals surface area contributed by atoms with Crippen LogP contribution in [0.3, 0.4) is 0 Å². The second kappa shape index (κ2) is 6.68. The molecule has 0 radical (unpaired) electrons. The predicted octanol–water partition coefficient (Wildman–Crippen LogP) is 3.11. The van der Waals surface area contributed by atoms with Crippen LogP contribution in [-0.4, -0.2) is 28.4 Å². The van der Waals surface area contributed by atoms with Crippen molar-refractivity contribution in [3.63, 3.8) is 0 Å². The zero-order chi connectivity index (χ0) is 14.6. The van der Waals surface area contributed by atoms with Crippen molar-refractivity contribution in [3.8, 4) is 0 Å². The number of pyridine rings is 1. The number of carbonyl (C=O) groups is 1. The molecule has 0 atom stereocenters. The van der Waals surface area contributed by atoms with E-state index in [4.69, 9.17) is 17.3 Å². The second-order valence-electron chi connectivity index (χ2n) is 5.22. The lowest BCUT2D eigenvalue weighted by Crippen LogP contribution is -2.41. The first-order valence-corrected chi connectivity index (χ1v) is 8.41. The summed E-state index contributed by atoms with van der Waals surface area (Å²) in [6.07, 6.45) is 9.61. The van der Waals surface area contributed by atoms with Gasteiger partial charge in [0, 0.05) is 11.3 Å². The molecule has 1 heterocycles. The first-order valence-electron chi connectivity index (χ1n) is 6.81. The van der Waals surface area contributed by atoms with Gasteiger partial charge in [-0.3, -0.25) is 4.79 Å². The summed E-state index contributed by atoms with van der Waals surface area (Å²) in [7, 11) is 0. The highest BCUT2D eigenvalue weighted by Crippen LogP contribution is 2.38. The van der Waals surface area contributed by atoms with Crippen LogP contribution in [0.15, 0.2) is 12.3 Å². The summed E-state index contributed by atoms with van der Waals surface area (Å²) in [6, 6.07) is 1.51. The van der Waals surface area contributed by atoms with Gasteiger partial charge in [0.25, 0.3) is 5.91 Å². The van der Waals surface area contributed by atoms with Gasteiger partial charge < -0.3 is 11.1 Å². The Morgan fingerprint density at radius 1 is 1.50 bits per heavy atom.